The van der Waals surface area contributed by atoms with Crippen LogP contribution >= 0.6 is 11.6 Å². The molecule has 2 aromatic heterocycles. The van der Waals surface area contributed by atoms with Crippen LogP contribution < -0.4 is 4.74 Å². The van der Waals surface area contributed by atoms with Gasteiger partial charge in [-0.05, 0) is 80.4 Å². The lowest BCUT2D eigenvalue weighted by Crippen LogP contribution is -2.35. The highest BCUT2D eigenvalue weighted by Gasteiger charge is 2.48. The average molecular weight is 600 g/mol. The molecule has 0 radical (unpaired) electrons. The minimum atomic E-state index is -0.661. The fraction of sp³-hybridized carbons (Fsp3) is 0.567. The molecule has 0 saturated carbocycles. The first-order valence-corrected chi connectivity index (χ1v) is 15.1. The van der Waals surface area contributed by atoms with E-state index >= 15 is 4.39 Å². The maximum absolute atomic E-state index is 15.5. The van der Waals surface area contributed by atoms with Crippen LogP contribution in [0.2, 0.25) is 5.02 Å². The van der Waals surface area contributed by atoms with Gasteiger partial charge in [0.2, 0.25) is 0 Å². The maximum atomic E-state index is 15.5. The number of nitrogens with one attached hydrogen (secondary N) is 1. The number of likely N-dealkylation sites (tertiary alicyclic amines) is 1. The number of rotatable bonds is 8. The standard InChI is InChI=1S/C30H35ClFN5O5/c1-36(8-9-37-6-2-3-7-37)29(39)18-10-16-4-5-17(25(16)20(32)11-18)12-21-19(31)13-22-28(33-21)35-30(34-22)42-24-15-41-26-23(38)14-40-27(24)26/h10-11,13,17,23-24,26-27,38H,2-9,12,14-15H2,1H3,(H,33,34,35)/t17?,23-,24-,26-,27-/m1/s1. The first-order valence-electron chi connectivity index (χ1n) is 14.8. The molecule has 7 rings (SSSR count). The summed E-state index contributed by atoms with van der Waals surface area (Å²) in [6.45, 7) is 4.13. The monoisotopic (exact) mass is 599 g/mol. The number of amides is 1. The van der Waals surface area contributed by atoms with Gasteiger partial charge in [-0.25, -0.2) is 9.37 Å². The zero-order valence-corrected chi connectivity index (χ0v) is 24.3. The van der Waals surface area contributed by atoms with Crippen LogP contribution in [0.5, 0.6) is 6.01 Å². The van der Waals surface area contributed by atoms with Crippen LogP contribution in [-0.4, -0.2) is 107 Å². The topological polar surface area (TPSA) is 113 Å². The molecule has 1 aliphatic carbocycles. The van der Waals surface area contributed by atoms with Gasteiger partial charge >= 0.3 is 0 Å². The van der Waals surface area contributed by atoms with Gasteiger partial charge in [-0.3, -0.25) is 4.79 Å². The van der Waals surface area contributed by atoms with Crippen molar-refractivity contribution in [2.75, 3.05) is 46.4 Å². The third-order valence-electron chi connectivity index (χ3n) is 9.09. The molecule has 2 N–H and O–H groups in total. The molecule has 3 aliphatic heterocycles. The van der Waals surface area contributed by atoms with Gasteiger partial charge in [-0.2, -0.15) is 4.98 Å². The summed E-state index contributed by atoms with van der Waals surface area (Å²) in [5.74, 6) is -0.607. The highest BCUT2D eigenvalue weighted by atomic mass is 35.5. The molecule has 4 aliphatic rings. The van der Waals surface area contributed by atoms with Gasteiger partial charge < -0.3 is 34.1 Å². The Morgan fingerprint density at radius 3 is 2.86 bits per heavy atom. The number of hydrogen-bond donors (Lipinski definition) is 2. The largest absolute Gasteiger partial charge is 0.456 e. The minimum absolute atomic E-state index is 0.104. The molecule has 1 unspecified atom stereocenters. The Balaban J connectivity index is 1.04. The SMILES string of the molecule is CN(CCN1CCCC1)C(=O)c1cc(F)c2c(c1)CCC2Cc1nc2nc(O[C@@H]3CO[C@H]4[C@@H]3OC[C@H]4O)[nH]c2cc1Cl. The number of aromatic amines is 1. The van der Waals surface area contributed by atoms with Gasteiger partial charge in [0.1, 0.15) is 24.1 Å². The molecule has 1 amide bonds. The Bertz CT molecular complexity index is 1500. The van der Waals surface area contributed by atoms with Crippen LogP contribution in [0.15, 0.2) is 18.2 Å². The number of H-pyrrole nitrogens is 1. The molecule has 0 spiro atoms. The van der Waals surface area contributed by atoms with E-state index in [2.05, 4.69) is 14.9 Å². The summed E-state index contributed by atoms with van der Waals surface area (Å²) in [4.78, 5) is 29.4. The van der Waals surface area contributed by atoms with Crippen molar-refractivity contribution in [3.05, 3.63) is 51.4 Å². The lowest BCUT2D eigenvalue weighted by molar-refractivity contribution is 0.00706. The van der Waals surface area contributed by atoms with Crippen molar-refractivity contribution in [2.45, 2.75) is 62.4 Å². The molecular formula is C30H35ClFN5O5. The van der Waals surface area contributed by atoms with E-state index < -0.39 is 18.3 Å². The predicted molar refractivity (Wildman–Crippen MR) is 153 cm³/mol. The van der Waals surface area contributed by atoms with Gasteiger partial charge in [0.05, 0.1) is 29.4 Å². The van der Waals surface area contributed by atoms with E-state index in [-0.39, 0.29) is 43.0 Å². The number of hydrogen-bond acceptors (Lipinski definition) is 8. The van der Waals surface area contributed by atoms with Crippen molar-refractivity contribution in [1.82, 2.24) is 24.8 Å². The predicted octanol–water partition coefficient (Wildman–Crippen LogP) is 3.10. The first kappa shape index (κ1) is 28.0. The fourth-order valence-corrected chi connectivity index (χ4v) is 7.04. The van der Waals surface area contributed by atoms with Gasteiger partial charge in [0.25, 0.3) is 11.9 Å². The molecule has 12 heteroatoms. The summed E-state index contributed by atoms with van der Waals surface area (Å²) in [7, 11) is 1.78. The van der Waals surface area contributed by atoms with Crippen LogP contribution in [0.4, 0.5) is 4.39 Å². The highest BCUT2D eigenvalue weighted by molar-refractivity contribution is 6.31. The van der Waals surface area contributed by atoms with Crippen molar-refractivity contribution in [1.29, 1.82) is 0 Å². The number of aromatic nitrogens is 3. The summed E-state index contributed by atoms with van der Waals surface area (Å²) >= 11 is 6.63. The van der Waals surface area contributed by atoms with Gasteiger partial charge in [0.15, 0.2) is 11.8 Å². The second kappa shape index (κ2) is 11.3. The summed E-state index contributed by atoms with van der Waals surface area (Å²) in [5.41, 5.74) is 3.62. The summed E-state index contributed by atoms with van der Waals surface area (Å²) in [5, 5.41) is 10.4. The number of imidazole rings is 1. The van der Waals surface area contributed by atoms with Crippen molar-refractivity contribution in [3.63, 3.8) is 0 Å². The van der Waals surface area contributed by atoms with E-state index in [0.717, 1.165) is 31.6 Å². The molecule has 3 fully saturated rings. The van der Waals surface area contributed by atoms with Crippen LogP contribution in [0.3, 0.4) is 0 Å². The number of aliphatic hydroxyl groups excluding tert-OH is 1. The van der Waals surface area contributed by atoms with E-state index in [1.54, 1.807) is 18.0 Å². The normalized spacial score (nSPS) is 27.1. The lowest BCUT2D eigenvalue weighted by atomic mass is 9.94. The number of pyridine rings is 1. The summed E-state index contributed by atoms with van der Waals surface area (Å²) in [6, 6.07) is 5.26. The Morgan fingerprint density at radius 2 is 2.02 bits per heavy atom. The van der Waals surface area contributed by atoms with Crippen LogP contribution in [0.1, 0.15) is 52.4 Å². The molecule has 224 valence electrons. The van der Waals surface area contributed by atoms with Gasteiger partial charge in [-0.15, -0.1) is 0 Å². The number of nitrogens with zero attached hydrogens (tertiary/aromatic N) is 4. The molecule has 5 heterocycles. The number of carbonyl (C=O) groups is 1. The smallest absolute Gasteiger partial charge is 0.296 e. The molecular weight excluding hydrogens is 565 g/mol. The number of fused-ring (bicyclic) bond motifs is 3. The lowest BCUT2D eigenvalue weighted by Gasteiger charge is -2.22. The fourth-order valence-electron chi connectivity index (χ4n) is 6.81. The Hall–Kier alpha value is -2.83. The Kier molecular flexibility index (Phi) is 7.56. The third kappa shape index (κ3) is 5.26. The quantitative estimate of drug-likeness (QED) is 0.406. The molecule has 42 heavy (non-hydrogen) atoms. The highest BCUT2D eigenvalue weighted by Crippen LogP contribution is 2.39. The maximum Gasteiger partial charge on any atom is 0.296 e. The van der Waals surface area contributed by atoms with Crippen LogP contribution in [-0.2, 0) is 22.3 Å². The average Bonchev–Trinajstić information content (AvgIpc) is 3.80. The second-order valence-electron chi connectivity index (χ2n) is 11.9. The summed E-state index contributed by atoms with van der Waals surface area (Å²) in [6.07, 6.45) is 2.49. The molecule has 3 aromatic rings. The third-order valence-corrected chi connectivity index (χ3v) is 9.42. The summed E-state index contributed by atoms with van der Waals surface area (Å²) < 4.78 is 32.8. The Labute approximate surface area is 248 Å². The number of aliphatic hydroxyl groups is 1. The van der Waals surface area contributed by atoms with Crippen LogP contribution in [0.25, 0.3) is 11.2 Å². The molecule has 10 nitrogen and oxygen atoms in total. The number of benzene rings is 1. The second-order valence-corrected chi connectivity index (χ2v) is 12.3. The minimum Gasteiger partial charge on any atom is -0.456 e. The molecule has 3 saturated heterocycles. The number of halogens is 2. The number of likely N-dealkylation sites (N-methyl/N-ethyl adjacent to an activating group) is 1. The van der Waals surface area contributed by atoms with E-state index in [1.807, 2.05) is 6.07 Å². The number of ether oxygens (including phenoxy) is 3. The van der Waals surface area contributed by atoms with E-state index in [1.165, 1.54) is 18.9 Å². The van der Waals surface area contributed by atoms with Crippen LogP contribution in [0, 0.1) is 5.82 Å². The molecule has 1 aromatic carbocycles. The zero-order chi connectivity index (χ0) is 29.0. The Morgan fingerprint density at radius 1 is 1.21 bits per heavy atom. The number of carbonyl (C=O) groups excluding carboxylic acids is 1. The van der Waals surface area contributed by atoms with Crippen molar-refractivity contribution in [2.24, 2.45) is 0 Å². The van der Waals surface area contributed by atoms with E-state index in [9.17, 15) is 9.90 Å². The van der Waals surface area contributed by atoms with Crippen molar-refractivity contribution >= 4 is 28.7 Å². The number of aryl methyl sites for hydroxylation is 1. The van der Waals surface area contributed by atoms with Gasteiger partial charge in [-0.1, -0.05) is 11.6 Å². The molecule has 5 atom stereocenters. The van der Waals surface area contributed by atoms with Gasteiger partial charge in [0, 0.05) is 25.7 Å². The van der Waals surface area contributed by atoms with E-state index in [0.29, 0.717) is 52.4 Å². The first-order chi connectivity index (χ1) is 20.3. The zero-order valence-electron chi connectivity index (χ0n) is 23.5. The molecule has 0 bridgehead atoms. The van der Waals surface area contributed by atoms with Crippen molar-refractivity contribution < 1.29 is 28.5 Å². The van der Waals surface area contributed by atoms with Crippen molar-refractivity contribution in [3.8, 4) is 6.01 Å². The van der Waals surface area contributed by atoms with E-state index in [4.69, 9.17) is 30.8 Å².